The summed E-state index contributed by atoms with van der Waals surface area (Å²) in [4.78, 5) is 0. The van der Waals surface area contributed by atoms with Gasteiger partial charge in [-0.1, -0.05) is 103 Å². The number of benzene rings is 8. The SMILES string of the molecule is N#Cc1ccc(-c2cccc(-n3c4ccccc4c4ccc(-n5c6ccccc6c6ccccc65)cc43)c2)c(-n2c3ccccc3c3c(C#N)cccc32)c1. The molecule has 0 N–H and O–H groups in total. The molecule has 3 aromatic heterocycles. The minimum Gasteiger partial charge on any atom is -0.309 e. The summed E-state index contributed by atoms with van der Waals surface area (Å²) >= 11 is 0. The molecular weight excluding hydrogens is 671 g/mol. The molecule has 0 aliphatic carbocycles. The van der Waals surface area contributed by atoms with Crippen LogP contribution in [0, 0.1) is 22.7 Å². The molecule has 0 saturated heterocycles. The lowest BCUT2D eigenvalue weighted by atomic mass is 10.0. The Bertz CT molecular complexity index is 3420. The maximum atomic E-state index is 10.1. The molecule has 5 nitrogen and oxygen atoms in total. The second-order valence-corrected chi connectivity index (χ2v) is 14.0. The maximum Gasteiger partial charge on any atom is 0.0998 e. The van der Waals surface area contributed by atoms with E-state index in [4.69, 9.17) is 0 Å². The minimum atomic E-state index is 0.567. The van der Waals surface area contributed by atoms with Crippen LogP contribution in [0.1, 0.15) is 11.1 Å². The van der Waals surface area contributed by atoms with Gasteiger partial charge in [-0.3, -0.25) is 0 Å². The van der Waals surface area contributed by atoms with Gasteiger partial charge in [0.2, 0.25) is 0 Å². The fourth-order valence-corrected chi connectivity index (χ4v) is 8.79. The minimum absolute atomic E-state index is 0.567. The number of rotatable bonds is 4. The summed E-state index contributed by atoms with van der Waals surface area (Å²) in [7, 11) is 0. The van der Waals surface area contributed by atoms with Gasteiger partial charge in [0, 0.05) is 49.3 Å². The highest BCUT2D eigenvalue weighted by Crippen LogP contribution is 2.40. The first kappa shape index (κ1) is 30.7. The molecule has 0 fully saturated rings. The Morgan fingerprint density at radius 3 is 1.56 bits per heavy atom. The van der Waals surface area contributed by atoms with Crippen LogP contribution in [0.15, 0.2) is 176 Å². The third kappa shape index (κ3) is 4.45. The predicted molar refractivity (Wildman–Crippen MR) is 224 cm³/mol. The average Bonchev–Trinajstić information content (AvgIpc) is 3.89. The second kappa shape index (κ2) is 11.8. The molecule has 254 valence electrons. The van der Waals surface area contributed by atoms with E-state index in [1.165, 1.54) is 32.6 Å². The number of nitrogens with zero attached hydrogens (tertiary/aromatic N) is 5. The third-order valence-corrected chi connectivity index (χ3v) is 11.1. The molecule has 0 aliphatic heterocycles. The van der Waals surface area contributed by atoms with Crippen LogP contribution in [0.4, 0.5) is 0 Å². The van der Waals surface area contributed by atoms with Crippen molar-refractivity contribution >= 4 is 65.4 Å². The van der Waals surface area contributed by atoms with Gasteiger partial charge < -0.3 is 13.7 Å². The van der Waals surface area contributed by atoms with E-state index in [1.54, 1.807) is 0 Å². The van der Waals surface area contributed by atoms with Gasteiger partial charge in [0.05, 0.1) is 62.1 Å². The monoisotopic (exact) mass is 699 g/mol. The van der Waals surface area contributed by atoms with Crippen molar-refractivity contribution in [3.8, 4) is 40.3 Å². The van der Waals surface area contributed by atoms with E-state index in [9.17, 15) is 10.5 Å². The van der Waals surface area contributed by atoms with Crippen LogP contribution >= 0.6 is 0 Å². The molecule has 11 aromatic rings. The fraction of sp³-hybridized carbons (Fsp3) is 0. The van der Waals surface area contributed by atoms with Crippen LogP contribution in [-0.2, 0) is 0 Å². The third-order valence-electron chi connectivity index (χ3n) is 11.1. The molecule has 0 aliphatic rings. The fourth-order valence-electron chi connectivity index (χ4n) is 8.79. The Labute approximate surface area is 316 Å². The van der Waals surface area contributed by atoms with E-state index in [1.807, 2.05) is 42.5 Å². The molecule has 5 heteroatoms. The second-order valence-electron chi connectivity index (χ2n) is 14.0. The molecule has 0 unspecified atom stereocenters. The molecule has 0 amide bonds. The summed E-state index contributed by atoms with van der Waals surface area (Å²) < 4.78 is 6.94. The van der Waals surface area contributed by atoms with Gasteiger partial charge in [0.15, 0.2) is 0 Å². The predicted octanol–water partition coefficient (Wildman–Crippen LogP) is 12.4. The van der Waals surface area contributed by atoms with Crippen LogP contribution in [0.3, 0.4) is 0 Å². The summed E-state index contributed by atoms with van der Waals surface area (Å²) in [6, 6.07) is 66.1. The molecule has 0 radical (unpaired) electrons. The van der Waals surface area contributed by atoms with Gasteiger partial charge in [-0.05, 0) is 78.4 Å². The molecule has 0 bridgehead atoms. The Morgan fingerprint density at radius 2 is 0.909 bits per heavy atom. The first-order valence-electron chi connectivity index (χ1n) is 18.3. The quantitative estimate of drug-likeness (QED) is 0.184. The first-order chi connectivity index (χ1) is 27.2. The van der Waals surface area contributed by atoms with Crippen LogP contribution < -0.4 is 0 Å². The van der Waals surface area contributed by atoms with E-state index < -0.39 is 0 Å². The van der Waals surface area contributed by atoms with Crippen LogP contribution in [-0.4, -0.2) is 13.7 Å². The van der Waals surface area contributed by atoms with Crippen molar-refractivity contribution in [2.24, 2.45) is 0 Å². The molecule has 11 rings (SSSR count). The van der Waals surface area contributed by atoms with E-state index in [-0.39, 0.29) is 0 Å². The summed E-state index contributed by atoms with van der Waals surface area (Å²) in [6.07, 6.45) is 0. The summed E-state index contributed by atoms with van der Waals surface area (Å²) in [5, 5.41) is 27.0. The van der Waals surface area contributed by atoms with E-state index >= 15 is 0 Å². The van der Waals surface area contributed by atoms with E-state index in [2.05, 4.69) is 159 Å². The molecule has 0 atom stereocenters. The topological polar surface area (TPSA) is 62.4 Å². The van der Waals surface area contributed by atoms with Crippen LogP contribution in [0.2, 0.25) is 0 Å². The van der Waals surface area contributed by atoms with Crippen LogP contribution in [0.5, 0.6) is 0 Å². The Balaban J connectivity index is 1.16. The van der Waals surface area contributed by atoms with Crippen molar-refractivity contribution in [3.05, 3.63) is 187 Å². The normalized spacial score (nSPS) is 11.6. The molecule has 0 spiro atoms. The van der Waals surface area contributed by atoms with Crippen molar-refractivity contribution < 1.29 is 0 Å². The largest absolute Gasteiger partial charge is 0.309 e. The number of para-hydroxylation sites is 4. The van der Waals surface area contributed by atoms with Crippen molar-refractivity contribution in [2.45, 2.75) is 0 Å². The van der Waals surface area contributed by atoms with E-state index in [0.717, 1.165) is 61.0 Å². The lowest BCUT2D eigenvalue weighted by Gasteiger charge is -2.16. The Kier molecular flexibility index (Phi) is 6.61. The standard InChI is InChI=1S/C50H29N5/c51-30-32-23-25-37(48(27-32)55-46-21-8-4-17-42(46)50-34(31-52)12-10-22-47(50)55)33-11-9-13-35(28-33)54-45-20-7-3-16-40(45)41-26-24-36(29-49(41)54)53-43-18-5-1-14-38(43)39-15-2-6-19-44(39)53/h1-29H. The maximum absolute atomic E-state index is 10.1. The smallest absolute Gasteiger partial charge is 0.0998 e. The van der Waals surface area contributed by atoms with Gasteiger partial charge in [0.25, 0.3) is 0 Å². The van der Waals surface area contributed by atoms with Gasteiger partial charge in [0.1, 0.15) is 0 Å². The number of hydrogen-bond donors (Lipinski definition) is 0. The van der Waals surface area contributed by atoms with Gasteiger partial charge in [-0.15, -0.1) is 0 Å². The van der Waals surface area contributed by atoms with Gasteiger partial charge in [-0.25, -0.2) is 0 Å². The lowest BCUT2D eigenvalue weighted by molar-refractivity contribution is 1.15. The molecule has 0 saturated carbocycles. The molecule has 8 aromatic carbocycles. The van der Waals surface area contributed by atoms with Crippen LogP contribution in [0.25, 0.3) is 93.6 Å². The van der Waals surface area contributed by atoms with Crippen molar-refractivity contribution in [1.29, 1.82) is 10.5 Å². The van der Waals surface area contributed by atoms with Crippen molar-refractivity contribution in [1.82, 2.24) is 13.7 Å². The van der Waals surface area contributed by atoms with Gasteiger partial charge >= 0.3 is 0 Å². The summed E-state index contributed by atoms with van der Waals surface area (Å²) in [6.45, 7) is 0. The number of fused-ring (bicyclic) bond motifs is 9. The average molecular weight is 700 g/mol. The Morgan fingerprint density at radius 1 is 0.364 bits per heavy atom. The summed E-state index contributed by atoms with van der Waals surface area (Å²) in [5.74, 6) is 0. The highest BCUT2D eigenvalue weighted by molar-refractivity contribution is 6.13. The van der Waals surface area contributed by atoms with E-state index in [0.29, 0.717) is 11.1 Å². The van der Waals surface area contributed by atoms with Crippen molar-refractivity contribution in [3.63, 3.8) is 0 Å². The molecule has 55 heavy (non-hydrogen) atoms. The Hall–Kier alpha value is -7.86. The highest BCUT2D eigenvalue weighted by Gasteiger charge is 2.20. The highest BCUT2D eigenvalue weighted by atomic mass is 15.0. The molecule has 3 heterocycles. The number of hydrogen-bond acceptors (Lipinski definition) is 2. The number of nitriles is 2. The molecular formula is C50H29N5. The zero-order chi connectivity index (χ0) is 36.6. The lowest BCUT2D eigenvalue weighted by Crippen LogP contribution is -2.00. The van der Waals surface area contributed by atoms with Crippen molar-refractivity contribution in [2.75, 3.05) is 0 Å². The first-order valence-corrected chi connectivity index (χ1v) is 18.3. The van der Waals surface area contributed by atoms with Gasteiger partial charge in [-0.2, -0.15) is 10.5 Å². The zero-order valence-corrected chi connectivity index (χ0v) is 29.5. The summed E-state index contributed by atoms with van der Waals surface area (Å²) in [5.41, 5.74) is 12.7. The zero-order valence-electron chi connectivity index (χ0n) is 29.5. The number of aromatic nitrogens is 3.